The van der Waals surface area contributed by atoms with Gasteiger partial charge in [0.05, 0.1) is 0 Å². The Labute approximate surface area is 140 Å². The molecule has 2 heteroatoms. The molecule has 0 saturated heterocycles. The molecule has 0 saturated carbocycles. The lowest BCUT2D eigenvalue weighted by Gasteiger charge is -2.13. The van der Waals surface area contributed by atoms with Crippen LogP contribution in [0, 0.1) is 0 Å². The molecule has 24 heavy (non-hydrogen) atoms. The summed E-state index contributed by atoms with van der Waals surface area (Å²) in [5.74, 6) is 0.524. The van der Waals surface area contributed by atoms with Gasteiger partial charge in [0.15, 0.2) is 0 Å². The molecule has 0 aromatic heterocycles. The van der Waals surface area contributed by atoms with Crippen molar-refractivity contribution in [2.45, 2.75) is 0 Å². The number of phenolic OH excluding ortho intramolecular Hbond substituents is 2. The number of aromatic hydroxyl groups is 2. The molecule has 2 N–H and O–H groups in total. The van der Waals surface area contributed by atoms with E-state index in [1.165, 1.54) is 0 Å². The second kappa shape index (κ2) is 5.74. The maximum atomic E-state index is 9.55. The van der Waals surface area contributed by atoms with Crippen LogP contribution in [0.15, 0.2) is 84.9 Å². The smallest absolute Gasteiger partial charge is 0.115 e. The average Bonchev–Trinajstić information content (AvgIpc) is 2.62. The van der Waals surface area contributed by atoms with Gasteiger partial charge in [-0.3, -0.25) is 0 Å². The number of fused-ring (bicyclic) bond motifs is 1. The molecule has 2 nitrogen and oxygen atoms in total. The maximum absolute atomic E-state index is 9.55. The van der Waals surface area contributed by atoms with E-state index in [1.54, 1.807) is 24.3 Å². The Hall–Kier alpha value is -3.26. The average molecular weight is 312 g/mol. The molecule has 0 heterocycles. The van der Waals surface area contributed by atoms with Crippen molar-refractivity contribution in [1.29, 1.82) is 0 Å². The Morgan fingerprint density at radius 1 is 0.458 bits per heavy atom. The lowest BCUT2D eigenvalue weighted by atomic mass is 9.91. The highest BCUT2D eigenvalue weighted by molar-refractivity contribution is 6.06. The Kier molecular flexibility index (Phi) is 3.43. The molecule has 116 valence electrons. The van der Waals surface area contributed by atoms with Gasteiger partial charge in [-0.05, 0) is 57.3 Å². The minimum Gasteiger partial charge on any atom is -0.508 e. The van der Waals surface area contributed by atoms with Gasteiger partial charge < -0.3 is 10.2 Å². The molecular formula is C22H16O2. The largest absolute Gasteiger partial charge is 0.508 e. The van der Waals surface area contributed by atoms with E-state index in [-0.39, 0.29) is 11.5 Å². The van der Waals surface area contributed by atoms with Crippen LogP contribution < -0.4 is 0 Å². The molecule has 0 spiro atoms. The first-order valence-electron chi connectivity index (χ1n) is 7.83. The maximum Gasteiger partial charge on any atom is 0.115 e. The van der Waals surface area contributed by atoms with Crippen molar-refractivity contribution in [1.82, 2.24) is 0 Å². The lowest BCUT2D eigenvalue weighted by Crippen LogP contribution is -1.86. The van der Waals surface area contributed by atoms with Gasteiger partial charge in [0.1, 0.15) is 11.5 Å². The molecule has 0 aliphatic carbocycles. The quantitative estimate of drug-likeness (QED) is 0.507. The fourth-order valence-corrected chi connectivity index (χ4v) is 3.10. The Bertz CT molecular complexity index is 920. The fourth-order valence-electron chi connectivity index (χ4n) is 3.10. The summed E-state index contributed by atoms with van der Waals surface area (Å²) in [6.07, 6.45) is 0. The molecular weight excluding hydrogens is 296 g/mol. The Morgan fingerprint density at radius 3 is 1.29 bits per heavy atom. The first-order valence-corrected chi connectivity index (χ1v) is 7.83. The van der Waals surface area contributed by atoms with Crippen molar-refractivity contribution in [2.75, 3.05) is 0 Å². The van der Waals surface area contributed by atoms with Crippen LogP contribution in [0.3, 0.4) is 0 Å². The summed E-state index contributed by atoms with van der Waals surface area (Å²) in [5.41, 5.74) is 4.36. The summed E-state index contributed by atoms with van der Waals surface area (Å²) in [7, 11) is 0. The summed E-state index contributed by atoms with van der Waals surface area (Å²) in [6, 6.07) is 27.0. The van der Waals surface area contributed by atoms with Gasteiger partial charge >= 0.3 is 0 Å². The van der Waals surface area contributed by atoms with Crippen LogP contribution in [-0.4, -0.2) is 10.2 Å². The standard InChI is InChI=1S/C22H16O2/c23-18-11-7-15(8-12-18)20-5-1-3-17-4-2-6-21(22(17)20)16-9-13-19(24)14-10-16/h1-14,23-24H. The molecule has 0 amide bonds. The number of phenols is 2. The van der Waals surface area contributed by atoms with E-state index in [0.29, 0.717) is 0 Å². The topological polar surface area (TPSA) is 40.5 Å². The van der Waals surface area contributed by atoms with E-state index in [9.17, 15) is 10.2 Å². The summed E-state index contributed by atoms with van der Waals surface area (Å²) in [5, 5.41) is 21.4. The lowest BCUT2D eigenvalue weighted by molar-refractivity contribution is 0.475. The van der Waals surface area contributed by atoms with E-state index >= 15 is 0 Å². The zero-order valence-electron chi connectivity index (χ0n) is 13.0. The van der Waals surface area contributed by atoms with E-state index in [4.69, 9.17) is 0 Å². The zero-order valence-corrected chi connectivity index (χ0v) is 13.0. The van der Waals surface area contributed by atoms with Gasteiger partial charge in [-0.1, -0.05) is 60.7 Å². The molecule has 0 bridgehead atoms. The number of hydrogen-bond acceptors (Lipinski definition) is 2. The number of benzene rings is 4. The van der Waals surface area contributed by atoms with Gasteiger partial charge in [0.2, 0.25) is 0 Å². The van der Waals surface area contributed by atoms with Gasteiger partial charge in [-0.2, -0.15) is 0 Å². The predicted octanol–water partition coefficient (Wildman–Crippen LogP) is 5.59. The van der Waals surface area contributed by atoms with E-state index in [0.717, 1.165) is 33.0 Å². The zero-order chi connectivity index (χ0) is 16.5. The molecule has 4 aromatic carbocycles. The highest BCUT2D eigenvalue weighted by atomic mass is 16.3. The second-order valence-electron chi connectivity index (χ2n) is 5.80. The minimum absolute atomic E-state index is 0.262. The summed E-state index contributed by atoms with van der Waals surface area (Å²) >= 11 is 0. The van der Waals surface area contributed by atoms with Crippen LogP contribution in [-0.2, 0) is 0 Å². The first-order chi connectivity index (χ1) is 11.7. The number of hydrogen-bond donors (Lipinski definition) is 2. The molecule has 0 aliphatic heterocycles. The monoisotopic (exact) mass is 312 g/mol. The van der Waals surface area contributed by atoms with Crippen molar-refractivity contribution >= 4 is 10.8 Å². The van der Waals surface area contributed by atoms with Gasteiger partial charge in [0.25, 0.3) is 0 Å². The predicted molar refractivity (Wildman–Crippen MR) is 98.1 cm³/mol. The van der Waals surface area contributed by atoms with Crippen LogP contribution in [0.25, 0.3) is 33.0 Å². The molecule has 0 fully saturated rings. The van der Waals surface area contributed by atoms with Crippen molar-refractivity contribution < 1.29 is 10.2 Å². The van der Waals surface area contributed by atoms with Gasteiger partial charge in [-0.15, -0.1) is 0 Å². The molecule has 0 aliphatic rings. The van der Waals surface area contributed by atoms with E-state index in [1.807, 2.05) is 36.4 Å². The van der Waals surface area contributed by atoms with Crippen molar-refractivity contribution in [3.8, 4) is 33.8 Å². The SMILES string of the molecule is Oc1ccc(-c2cccc3cccc(-c4ccc(O)cc4)c23)cc1. The third-order valence-corrected chi connectivity index (χ3v) is 4.26. The summed E-state index contributed by atoms with van der Waals surface area (Å²) < 4.78 is 0. The van der Waals surface area contributed by atoms with Crippen molar-refractivity contribution in [2.24, 2.45) is 0 Å². The van der Waals surface area contributed by atoms with Crippen LogP contribution in [0.2, 0.25) is 0 Å². The summed E-state index contributed by atoms with van der Waals surface area (Å²) in [4.78, 5) is 0. The van der Waals surface area contributed by atoms with Crippen LogP contribution in [0.4, 0.5) is 0 Å². The van der Waals surface area contributed by atoms with Gasteiger partial charge in [-0.25, -0.2) is 0 Å². The third kappa shape index (κ3) is 2.48. The van der Waals surface area contributed by atoms with Crippen molar-refractivity contribution in [3.05, 3.63) is 84.9 Å². The first kappa shape index (κ1) is 14.3. The second-order valence-corrected chi connectivity index (χ2v) is 5.80. The Balaban J connectivity index is 2.01. The fraction of sp³-hybridized carbons (Fsp3) is 0. The molecule has 4 rings (SSSR count). The normalized spacial score (nSPS) is 10.8. The third-order valence-electron chi connectivity index (χ3n) is 4.26. The van der Waals surface area contributed by atoms with Crippen LogP contribution in [0.1, 0.15) is 0 Å². The van der Waals surface area contributed by atoms with Crippen LogP contribution in [0.5, 0.6) is 11.5 Å². The molecule has 0 atom stereocenters. The highest BCUT2D eigenvalue weighted by Gasteiger charge is 2.10. The molecule has 0 unspecified atom stereocenters. The van der Waals surface area contributed by atoms with Crippen LogP contribution >= 0.6 is 0 Å². The number of rotatable bonds is 2. The minimum atomic E-state index is 0.262. The van der Waals surface area contributed by atoms with E-state index in [2.05, 4.69) is 24.3 Å². The molecule has 0 radical (unpaired) electrons. The highest BCUT2D eigenvalue weighted by Crippen LogP contribution is 2.37. The van der Waals surface area contributed by atoms with Gasteiger partial charge in [0, 0.05) is 0 Å². The molecule has 4 aromatic rings. The summed E-state index contributed by atoms with van der Waals surface area (Å²) in [6.45, 7) is 0. The van der Waals surface area contributed by atoms with Crippen molar-refractivity contribution in [3.63, 3.8) is 0 Å². The van der Waals surface area contributed by atoms with E-state index < -0.39 is 0 Å². The Morgan fingerprint density at radius 2 is 0.875 bits per heavy atom.